The Hall–Kier alpha value is -13.9. The van der Waals surface area contributed by atoms with Crippen molar-refractivity contribution in [3.8, 4) is 33.6 Å². The van der Waals surface area contributed by atoms with Crippen LogP contribution in [0.5, 0.6) is 0 Å². The molecular formula is C133H135N9. The Kier molecular flexibility index (Phi) is 22.2. The second-order valence-electron chi connectivity index (χ2n) is 46.4. The van der Waals surface area contributed by atoms with Gasteiger partial charge in [-0.25, -0.2) is 19.9 Å². The van der Waals surface area contributed by atoms with Gasteiger partial charge in [-0.15, -0.1) is 0 Å². The highest BCUT2D eigenvalue weighted by atomic mass is 15.1. The van der Waals surface area contributed by atoms with Crippen molar-refractivity contribution in [1.29, 1.82) is 0 Å². The van der Waals surface area contributed by atoms with Crippen molar-refractivity contribution in [3.05, 3.63) is 386 Å². The summed E-state index contributed by atoms with van der Waals surface area (Å²) in [7, 11) is 0. The molecule has 1 unspecified atom stereocenters. The summed E-state index contributed by atoms with van der Waals surface area (Å²) < 4.78 is 9.69. The Labute approximate surface area is 838 Å². The summed E-state index contributed by atoms with van der Waals surface area (Å²) in [6, 6.07) is 95.5. The highest BCUT2D eigenvalue weighted by Crippen LogP contribution is 2.66. The van der Waals surface area contributed by atoms with Crippen LogP contribution >= 0.6 is 0 Å². The molecule has 8 aromatic heterocycles. The van der Waals surface area contributed by atoms with E-state index in [2.05, 4.69) is 477 Å². The van der Waals surface area contributed by atoms with Crippen LogP contribution in [0, 0.1) is 64.7 Å². The normalized spacial score (nSPS) is 16.2. The van der Waals surface area contributed by atoms with E-state index < -0.39 is 0 Å². The SMILES string of the molecule is Cc1cccc2c1C1=NC(c3ccccc3)=C3C1c1c-2cccc1C(C)(C)C3(C)C.Cc1cccc2c3cccc4c3n3c(cnc3c12)C(C)(C)C4(C)C.Cc1cccc2c3ccccc3n3c(-c4c(CC(C)C)cccc4C(C)C)cnc3c12.Cc1cccc2c3ccccc3n3c(-c4c(CC(C)C)cccc4CC(C)C)cnc3c12.Cc1nc2c3c(C)cccc3c3cccc4c3n2c1C(C)(C)C4(C)C. The maximum Gasteiger partial charge on any atom is 0.145 e. The summed E-state index contributed by atoms with van der Waals surface area (Å²) in [4.78, 5) is 25.4. The molecule has 0 saturated heterocycles. The lowest BCUT2D eigenvalue weighted by Gasteiger charge is -2.52. The quantitative estimate of drug-likeness (QED) is 0.128. The maximum absolute atomic E-state index is 5.42. The molecule has 0 radical (unpaired) electrons. The van der Waals surface area contributed by atoms with E-state index in [1.807, 2.05) is 0 Å². The molecule has 0 saturated carbocycles. The summed E-state index contributed by atoms with van der Waals surface area (Å²) in [5.74, 6) is 2.49. The number of hydrogen-bond donors (Lipinski definition) is 0. The smallest absolute Gasteiger partial charge is 0.145 e. The first-order chi connectivity index (χ1) is 67.9. The standard InChI is InChI=1S/C30H32N2.C29H30N2.C29H27N.C23H24N2.C22H22N2/c1-19(2)16-22-11-9-12-23(17-20(3)4)29(22)27-18-31-30-28-21(5)10-8-14-25(28)24-13-6-7-15-26(24)32(27)30;1-18(2)16-21-11-9-13-22(19(3)4)28(21)26-17-30-29-27-20(5)10-8-14-24(27)23-12-6-7-15-25(23)31(26)29;1-17-11-9-14-19-20-15-10-16-21-23(20)24-25(29(4,5)28(21,2)3)26(30-27(24)22(17)19)18-12-7-6-8-13-18;1-13-9-7-10-15-16-11-8-12-17-19(16)25-20(23(5,6)22(17,3)4)14(2)24-21(25)18(13)15;1-13-8-6-9-14-15-10-7-11-16-19(15)24-17(12-23-20(24)18(13)14)22(4,5)21(16,2)3/h6-15,18-20H,16-17H2,1-5H3;6-15,17-19H,16H2,1-5H3;6-16,24H,1-5H3;7-12H,1-6H3;6-12H,1-5H3. The van der Waals surface area contributed by atoms with Gasteiger partial charge in [0.25, 0.3) is 0 Å². The van der Waals surface area contributed by atoms with Gasteiger partial charge in [-0.3, -0.25) is 22.6 Å². The lowest BCUT2D eigenvalue weighted by molar-refractivity contribution is 0.229. The number of benzene rings is 13. The number of aliphatic imine (C=N–C) groups is 1. The molecule has 0 fully saturated rings. The lowest BCUT2D eigenvalue weighted by atomic mass is 9.50. The highest BCUT2D eigenvalue weighted by molar-refractivity contribution is 6.22. The highest BCUT2D eigenvalue weighted by Gasteiger charge is 2.57. The Balaban J connectivity index is 0.000000102. The Bertz CT molecular complexity index is 8870. The fourth-order valence-electron chi connectivity index (χ4n) is 25.8. The zero-order valence-electron chi connectivity index (χ0n) is 88.1. The van der Waals surface area contributed by atoms with E-state index in [0.717, 1.165) is 47.5 Å². The summed E-state index contributed by atoms with van der Waals surface area (Å²) in [6.07, 6.45) is 9.50. The van der Waals surface area contributed by atoms with Crippen molar-refractivity contribution in [1.82, 2.24) is 37.5 Å². The molecule has 11 heterocycles. The van der Waals surface area contributed by atoms with E-state index in [0.29, 0.717) is 23.7 Å². The number of para-hydroxylation sites is 4. The molecule has 9 nitrogen and oxygen atoms in total. The number of pyridine rings is 4. The van der Waals surface area contributed by atoms with Gasteiger partial charge in [-0.05, 0) is 218 Å². The third kappa shape index (κ3) is 13.8. The van der Waals surface area contributed by atoms with Gasteiger partial charge in [-0.2, -0.15) is 0 Å². The van der Waals surface area contributed by atoms with Crippen LogP contribution in [0.1, 0.15) is 251 Å². The minimum atomic E-state index is -0.0140. The van der Waals surface area contributed by atoms with Gasteiger partial charge in [0.15, 0.2) is 0 Å². The van der Waals surface area contributed by atoms with Crippen molar-refractivity contribution < 1.29 is 0 Å². The van der Waals surface area contributed by atoms with Gasteiger partial charge < -0.3 is 0 Å². The van der Waals surface area contributed by atoms with Crippen LogP contribution in [0.15, 0.2) is 290 Å². The number of aryl methyl sites for hydroxylation is 6. The van der Waals surface area contributed by atoms with Crippen molar-refractivity contribution in [2.24, 2.45) is 28.2 Å². The average molecular weight is 1860 g/mol. The zero-order chi connectivity index (χ0) is 99.5. The third-order valence-corrected chi connectivity index (χ3v) is 34.7. The molecule has 3 aliphatic heterocycles. The van der Waals surface area contributed by atoms with Crippen LogP contribution < -0.4 is 0 Å². The summed E-state index contributed by atoms with van der Waals surface area (Å²) >= 11 is 0. The molecule has 0 bridgehead atoms. The molecular weight excluding hydrogens is 1720 g/mol. The molecule has 0 spiro atoms. The Morgan fingerprint density at radius 1 is 0.310 bits per heavy atom. The monoisotopic (exact) mass is 1860 g/mol. The van der Waals surface area contributed by atoms with Gasteiger partial charge in [0, 0.05) is 98.9 Å². The fourth-order valence-corrected chi connectivity index (χ4v) is 25.8. The van der Waals surface area contributed by atoms with E-state index in [1.54, 1.807) is 0 Å². The largest absolute Gasteiger partial charge is 0.295 e. The van der Waals surface area contributed by atoms with Crippen molar-refractivity contribution in [2.75, 3.05) is 0 Å². The van der Waals surface area contributed by atoms with Crippen LogP contribution in [0.2, 0.25) is 0 Å². The summed E-state index contributed by atoms with van der Waals surface area (Å²) in [5, 5.41) is 15.5. The van der Waals surface area contributed by atoms with E-state index in [4.69, 9.17) is 24.9 Å². The van der Waals surface area contributed by atoms with E-state index in [-0.39, 0.29) is 38.4 Å². The topological polar surface area (TPSA) is 81.6 Å². The number of allylic oxidation sites excluding steroid dienone is 1. The number of aromatic nitrogens is 8. The molecule has 21 aromatic rings. The predicted octanol–water partition coefficient (Wildman–Crippen LogP) is 34.6. The molecule has 1 atom stereocenters. The second-order valence-corrected chi connectivity index (χ2v) is 46.4. The van der Waals surface area contributed by atoms with Gasteiger partial charge in [0.1, 0.15) is 22.6 Å². The van der Waals surface area contributed by atoms with Crippen LogP contribution in [0.3, 0.4) is 0 Å². The predicted molar refractivity (Wildman–Crippen MR) is 603 cm³/mol. The fraction of sp³-hybridized carbons (Fsp3) is 0.301. The Morgan fingerprint density at radius 2 is 0.697 bits per heavy atom. The number of nitrogens with zero attached hydrogens (tertiary/aromatic N) is 9. The van der Waals surface area contributed by atoms with E-state index in [9.17, 15) is 0 Å². The molecule has 13 aromatic carbocycles. The molecule has 0 amide bonds. The molecule has 0 N–H and O–H groups in total. The summed E-state index contributed by atoms with van der Waals surface area (Å²) in [6.45, 7) is 60.2. The molecule has 5 aliphatic rings. The van der Waals surface area contributed by atoms with Crippen LogP contribution in [0.25, 0.3) is 149 Å². The first-order valence-corrected chi connectivity index (χ1v) is 52.0. The van der Waals surface area contributed by atoms with Crippen LogP contribution in [-0.2, 0) is 46.3 Å². The van der Waals surface area contributed by atoms with E-state index >= 15 is 0 Å². The lowest BCUT2D eigenvalue weighted by Crippen LogP contribution is -2.46. The molecule has 712 valence electrons. The second kappa shape index (κ2) is 33.9. The van der Waals surface area contributed by atoms with Crippen molar-refractivity contribution in [3.63, 3.8) is 0 Å². The third-order valence-electron chi connectivity index (χ3n) is 34.7. The molecule has 142 heavy (non-hydrogen) atoms. The average Bonchev–Trinajstić information content (AvgIpc) is 1.48. The van der Waals surface area contributed by atoms with Gasteiger partial charge >= 0.3 is 0 Å². The van der Waals surface area contributed by atoms with Crippen LogP contribution in [-0.4, -0.2) is 43.3 Å². The van der Waals surface area contributed by atoms with Crippen LogP contribution in [0.4, 0.5) is 0 Å². The zero-order valence-corrected chi connectivity index (χ0v) is 88.1. The first-order valence-electron chi connectivity index (χ1n) is 52.0. The molecule has 9 heteroatoms. The van der Waals surface area contributed by atoms with Gasteiger partial charge in [-0.1, -0.05) is 387 Å². The minimum Gasteiger partial charge on any atom is -0.295 e. The van der Waals surface area contributed by atoms with Gasteiger partial charge in [0.05, 0.1) is 74.6 Å². The van der Waals surface area contributed by atoms with Crippen molar-refractivity contribution in [2.45, 2.75) is 238 Å². The molecule has 2 aliphatic carbocycles. The number of hydrogen-bond acceptors (Lipinski definition) is 5. The Morgan fingerprint density at radius 3 is 1.22 bits per heavy atom. The first kappa shape index (κ1) is 93.1. The minimum absolute atomic E-state index is 0.00808. The number of fused-ring (bicyclic) bond motifs is 21. The molecule has 26 rings (SSSR count). The van der Waals surface area contributed by atoms with Gasteiger partial charge in [0.2, 0.25) is 0 Å². The van der Waals surface area contributed by atoms with E-state index in [1.165, 1.54) is 232 Å². The van der Waals surface area contributed by atoms with Crippen molar-refractivity contribution >= 4 is 121 Å². The number of imidazole rings is 4. The maximum atomic E-state index is 5.42. The summed E-state index contributed by atoms with van der Waals surface area (Å²) in [5.41, 5.74) is 45.7. The number of rotatable bonds is 10.